The molecule has 0 radical (unpaired) electrons. The number of ether oxygens (including phenoxy) is 2. The molecule has 1 aliphatic heterocycles. The summed E-state index contributed by atoms with van der Waals surface area (Å²) in [4.78, 5) is 12.9. The van der Waals surface area contributed by atoms with Gasteiger partial charge in [0.2, 0.25) is 6.29 Å². The molecule has 7 heteroatoms. The van der Waals surface area contributed by atoms with Crippen molar-refractivity contribution in [1.29, 1.82) is 0 Å². The van der Waals surface area contributed by atoms with E-state index in [1.165, 1.54) is 19.3 Å². The molecular formula is C17H26O7. The van der Waals surface area contributed by atoms with E-state index >= 15 is 0 Å². The van der Waals surface area contributed by atoms with Crippen molar-refractivity contribution in [3.63, 3.8) is 0 Å². The third-order valence-corrected chi connectivity index (χ3v) is 6.54. The van der Waals surface area contributed by atoms with Crippen LogP contribution in [0.2, 0.25) is 0 Å². The second-order valence-electron chi connectivity index (χ2n) is 8.30. The molecule has 4 saturated carbocycles. The quantitative estimate of drug-likeness (QED) is 0.513. The number of rotatable bonds is 3. The van der Waals surface area contributed by atoms with E-state index in [4.69, 9.17) is 9.47 Å². The van der Waals surface area contributed by atoms with E-state index < -0.39 is 42.7 Å². The van der Waals surface area contributed by atoms with Crippen LogP contribution in [0.25, 0.3) is 0 Å². The minimum Gasteiger partial charge on any atom is -0.432 e. The van der Waals surface area contributed by atoms with Gasteiger partial charge in [0.15, 0.2) is 0 Å². The summed E-state index contributed by atoms with van der Waals surface area (Å²) >= 11 is 0. The van der Waals surface area contributed by atoms with Crippen LogP contribution in [0, 0.1) is 23.2 Å². The van der Waals surface area contributed by atoms with Crippen molar-refractivity contribution in [2.75, 3.05) is 6.61 Å². The van der Waals surface area contributed by atoms with Gasteiger partial charge in [0, 0.05) is 0 Å². The monoisotopic (exact) mass is 342 g/mol. The van der Waals surface area contributed by atoms with Crippen molar-refractivity contribution in [1.82, 2.24) is 0 Å². The van der Waals surface area contributed by atoms with Gasteiger partial charge in [0.1, 0.15) is 24.4 Å². The molecule has 0 aromatic rings. The summed E-state index contributed by atoms with van der Waals surface area (Å²) in [6, 6.07) is 0. The first-order valence-corrected chi connectivity index (χ1v) is 8.93. The maximum atomic E-state index is 12.9. The summed E-state index contributed by atoms with van der Waals surface area (Å²) in [5, 5.41) is 38.9. The standard InChI is InChI=1S/C17H26O7/c18-7-11-12(19)13(20)14(21)15(23-11)24-16(22)17-4-8-1-9(5-17)3-10(2-8)6-17/h8-15,18-21H,1-7H2/t8?,9?,10?,11-,12-,13+,14-,15-,17?/m1/s1. The van der Waals surface area contributed by atoms with Gasteiger partial charge in [-0.1, -0.05) is 0 Å². The van der Waals surface area contributed by atoms with Crippen molar-refractivity contribution < 1.29 is 34.7 Å². The normalized spacial score (nSPS) is 53.2. The fourth-order valence-electron chi connectivity index (χ4n) is 5.76. The minimum absolute atomic E-state index is 0.370. The van der Waals surface area contributed by atoms with E-state index in [9.17, 15) is 25.2 Å². The fourth-order valence-corrected chi connectivity index (χ4v) is 5.76. The highest BCUT2D eigenvalue weighted by Gasteiger charge is 2.57. The molecule has 4 bridgehead atoms. The first-order chi connectivity index (χ1) is 11.4. The Morgan fingerprint density at radius 1 is 0.958 bits per heavy atom. The van der Waals surface area contributed by atoms with Crippen LogP contribution in [0.1, 0.15) is 38.5 Å². The second-order valence-corrected chi connectivity index (χ2v) is 8.30. The lowest BCUT2D eigenvalue weighted by atomic mass is 9.49. The van der Waals surface area contributed by atoms with Crippen molar-refractivity contribution in [2.24, 2.45) is 23.2 Å². The number of carbonyl (C=O) groups excluding carboxylic acids is 1. The summed E-state index contributed by atoms with van der Waals surface area (Å²) in [6.07, 6.45) is -0.824. The SMILES string of the molecule is O=C(O[C@H]1O[C@H](CO)[C@@H](O)[C@H](O)[C@H]1O)C12CC3CC(CC(C3)C1)C2. The molecule has 136 valence electrons. The third-order valence-electron chi connectivity index (χ3n) is 6.54. The van der Waals surface area contributed by atoms with Gasteiger partial charge in [0.05, 0.1) is 12.0 Å². The van der Waals surface area contributed by atoms with Crippen LogP contribution in [0.3, 0.4) is 0 Å². The maximum Gasteiger partial charge on any atom is 0.314 e. The van der Waals surface area contributed by atoms with Gasteiger partial charge in [-0.25, -0.2) is 0 Å². The van der Waals surface area contributed by atoms with Gasteiger partial charge in [-0.15, -0.1) is 0 Å². The molecule has 5 rings (SSSR count). The Morgan fingerprint density at radius 2 is 1.50 bits per heavy atom. The molecule has 24 heavy (non-hydrogen) atoms. The topological polar surface area (TPSA) is 116 Å². The fraction of sp³-hybridized carbons (Fsp3) is 0.941. The van der Waals surface area contributed by atoms with E-state index in [0.717, 1.165) is 19.3 Å². The van der Waals surface area contributed by atoms with Crippen molar-refractivity contribution in [3.8, 4) is 0 Å². The van der Waals surface area contributed by atoms with E-state index in [-0.39, 0.29) is 5.97 Å². The van der Waals surface area contributed by atoms with Crippen LogP contribution in [0.15, 0.2) is 0 Å². The molecule has 0 amide bonds. The molecule has 1 heterocycles. The maximum absolute atomic E-state index is 12.9. The molecule has 4 N–H and O–H groups in total. The second kappa shape index (κ2) is 5.92. The number of esters is 1. The van der Waals surface area contributed by atoms with Crippen LogP contribution in [0.4, 0.5) is 0 Å². The molecule has 0 unspecified atom stereocenters. The molecule has 0 spiro atoms. The average Bonchev–Trinajstić information content (AvgIpc) is 2.54. The molecule has 5 fully saturated rings. The molecule has 1 saturated heterocycles. The van der Waals surface area contributed by atoms with Crippen molar-refractivity contribution in [2.45, 2.75) is 69.2 Å². The van der Waals surface area contributed by atoms with E-state index in [1.54, 1.807) is 0 Å². The van der Waals surface area contributed by atoms with Crippen LogP contribution in [0.5, 0.6) is 0 Å². The predicted octanol–water partition coefficient (Wildman–Crippen LogP) is -0.454. The lowest BCUT2D eigenvalue weighted by molar-refractivity contribution is -0.297. The average molecular weight is 342 g/mol. The summed E-state index contributed by atoms with van der Waals surface area (Å²) in [5.74, 6) is 1.38. The molecule has 5 aliphatic rings. The Kier molecular flexibility index (Phi) is 4.12. The van der Waals surface area contributed by atoms with Crippen LogP contribution < -0.4 is 0 Å². The Bertz CT molecular complexity index is 470. The van der Waals surface area contributed by atoms with Crippen LogP contribution in [-0.4, -0.2) is 63.7 Å². The number of aliphatic hydroxyl groups excluding tert-OH is 4. The van der Waals surface area contributed by atoms with E-state index in [0.29, 0.717) is 17.8 Å². The molecular weight excluding hydrogens is 316 g/mol. The largest absolute Gasteiger partial charge is 0.432 e. The van der Waals surface area contributed by atoms with Gasteiger partial charge in [-0.2, -0.15) is 0 Å². The summed E-state index contributed by atoms with van der Waals surface area (Å²) in [7, 11) is 0. The summed E-state index contributed by atoms with van der Waals surface area (Å²) in [5.41, 5.74) is -0.493. The van der Waals surface area contributed by atoms with E-state index in [2.05, 4.69) is 0 Å². The lowest BCUT2D eigenvalue weighted by Crippen LogP contribution is -2.60. The van der Waals surface area contributed by atoms with E-state index in [1.807, 2.05) is 0 Å². The Balaban J connectivity index is 1.48. The van der Waals surface area contributed by atoms with Gasteiger partial charge in [-0.3, -0.25) is 4.79 Å². The van der Waals surface area contributed by atoms with Gasteiger partial charge < -0.3 is 29.9 Å². The zero-order chi connectivity index (χ0) is 17.1. The number of hydrogen-bond acceptors (Lipinski definition) is 7. The third kappa shape index (κ3) is 2.57. The first kappa shape index (κ1) is 16.7. The zero-order valence-electron chi connectivity index (χ0n) is 13.6. The van der Waals surface area contributed by atoms with Crippen molar-refractivity contribution >= 4 is 5.97 Å². The minimum atomic E-state index is -1.53. The number of carbonyl (C=O) groups is 1. The molecule has 5 atom stereocenters. The van der Waals surface area contributed by atoms with Gasteiger partial charge in [-0.05, 0) is 56.3 Å². The van der Waals surface area contributed by atoms with Crippen LogP contribution >= 0.6 is 0 Å². The van der Waals surface area contributed by atoms with Gasteiger partial charge >= 0.3 is 5.97 Å². The lowest BCUT2D eigenvalue weighted by Gasteiger charge is -2.55. The predicted molar refractivity (Wildman–Crippen MR) is 80.5 cm³/mol. The molecule has 0 aromatic heterocycles. The number of aliphatic hydroxyl groups is 4. The first-order valence-electron chi connectivity index (χ1n) is 8.93. The summed E-state index contributed by atoms with van der Waals surface area (Å²) in [6.45, 7) is -0.531. The molecule has 4 aliphatic carbocycles. The summed E-state index contributed by atoms with van der Waals surface area (Å²) < 4.78 is 10.8. The molecule has 7 nitrogen and oxygen atoms in total. The van der Waals surface area contributed by atoms with Gasteiger partial charge in [0.25, 0.3) is 0 Å². The number of hydrogen-bond donors (Lipinski definition) is 4. The Morgan fingerprint density at radius 3 is 2.00 bits per heavy atom. The highest BCUT2D eigenvalue weighted by molar-refractivity contribution is 5.77. The Labute approximate surface area is 140 Å². The highest BCUT2D eigenvalue weighted by atomic mass is 16.7. The Hall–Kier alpha value is -0.730. The molecule has 0 aromatic carbocycles. The van der Waals surface area contributed by atoms with Crippen molar-refractivity contribution in [3.05, 3.63) is 0 Å². The highest BCUT2D eigenvalue weighted by Crippen LogP contribution is 2.60. The smallest absolute Gasteiger partial charge is 0.314 e. The van der Waals surface area contributed by atoms with Crippen LogP contribution in [-0.2, 0) is 14.3 Å². The zero-order valence-corrected chi connectivity index (χ0v) is 13.6.